The Hall–Kier alpha value is -0.910. The summed E-state index contributed by atoms with van der Waals surface area (Å²) >= 11 is 1.58. The molecule has 1 aliphatic rings. The summed E-state index contributed by atoms with van der Waals surface area (Å²) < 4.78 is 0. The maximum absolute atomic E-state index is 12.0. The number of amides is 2. The second kappa shape index (κ2) is 6.74. The average molecular weight is 260 g/mol. The number of nitrogens with zero attached hydrogens (tertiary/aromatic N) is 1. The fourth-order valence-electron chi connectivity index (χ4n) is 1.80. The van der Waals surface area contributed by atoms with Crippen molar-refractivity contribution >= 4 is 23.8 Å². The van der Waals surface area contributed by atoms with Crippen LogP contribution in [0.3, 0.4) is 0 Å². The second-order valence-electron chi connectivity index (χ2n) is 4.09. The number of carbonyl (C=O) groups excluding carboxylic acids is 1. The third-order valence-electron chi connectivity index (χ3n) is 2.99. The van der Waals surface area contributed by atoms with Gasteiger partial charge in [0.1, 0.15) is 6.04 Å². The number of urea groups is 1. The summed E-state index contributed by atoms with van der Waals surface area (Å²) in [5, 5.41) is 12.0. The van der Waals surface area contributed by atoms with E-state index in [1.807, 2.05) is 13.8 Å². The lowest BCUT2D eigenvalue weighted by Crippen LogP contribution is -2.55. The quantitative estimate of drug-likeness (QED) is 0.801. The number of hydrogen-bond acceptors (Lipinski definition) is 3. The Morgan fingerprint density at radius 2 is 2.12 bits per heavy atom. The van der Waals surface area contributed by atoms with E-state index >= 15 is 0 Å². The number of thioether (sulfide) groups is 1. The molecule has 1 unspecified atom stereocenters. The summed E-state index contributed by atoms with van der Waals surface area (Å²) in [4.78, 5) is 24.5. The number of carboxylic acid groups (broad SMARTS) is 1. The van der Waals surface area contributed by atoms with Crippen molar-refractivity contribution in [2.75, 3.05) is 18.1 Å². The van der Waals surface area contributed by atoms with Crippen molar-refractivity contribution in [1.29, 1.82) is 0 Å². The van der Waals surface area contributed by atoms with Gasteiger partial charge in [-0.05, 0) is 12.8 Å². The minimum Gasteiger partial charge on any atom is -0.480 e. The largest absolute Gasteiger partial charge is 0.480 e. The van der Waals surface area contributed by atoms with Crippen LogP contribution < -0.4 is 5.32 Å². The van der Waals surface area contributed by atoms with Gasteiger partial charge in [0.25, 0.3) is 0 Å². The van der Waals surface area contributed by atoms with Gasteiger partial charge in [-0.2, -0.15) is 11.8 Å². The lowest BCUT2D eigenvalue weighted by molar-refractivity contribution is -0.141. The summed E-state index contributed by atoms with van der Waals surface area (Å²) in [6.45, 7) is 4.53. The van der Waals surface area contributed by atoms with Gasteiger partial charge in [-0.15, -0.1) is 0 Å². The maximum Gasteiger partial charge on any atom is 0.327 e. The molecule has 1 aliphatic heterocycles. The highest BCUT2D eigenvalue weighted by molar-refractivity contribution is 7.99. The smallest absolute Gasteiger partial charge is 0.327 e. The van der Waals surface area contributed by atoms with Gasteiger partial charge in [-0.25, -0.2) is 9.59 Å². The van der Waals surface area contributed by atoms with Crippen molar-refractivity contribution in [1.82, 2.24) is 10.2 Å². The highest BCUT2D eigenvalue weighted by Crippen LogP contribution is 2.17. The first-order valence-corrected chi connectivity index (χ1v) is 7.13. The van der Waals surface area contributed by atoms with E-state index in [2.05, 4.69) is 5.32 Å². The molecule has 1 fully saturated rings. The third kappa shape index (κ3) is 3.80. The number of carboxylic acids is 1. The van der Waals surface area contributed by atoms with Crippen molar-refractivity contribution in [3.05, 3.63) is 0 Å². The van der Waals surface area contributed by atoms with E-state index in [1.54, 1.807) is 11.8 Å². The summed E-state index contributed by atoms with van der Waals surface area (Å²) in [5.41, 5.74) is 0. The van der Waals surface area contributed by atoms with Crippen LogP contribution >= 0.6 is 11.8 Å². The molecule has 0 bridgehead atoms. The molecule has 0 aromatic rings. The zero-order valence-electron chi connectivity index (χ0n) is 10.3. The van der Waals surface area contributed by atoms with Gasteiger partial charge in [0, 0.05) is 24.1 Å². The molecule has 0 saturated carbocycles. The SMILES string of the molecule is CCC(CC)NC(=O)N1CCSCC1C(=O)O. The van der Waals surface area contributed by atoms with Gasteiger partial charge in [-0.3, -0.25) is 0 Å². The number of rotatable bonds is 4. The molecule has 17 heavy (non-hydrogen) atoms. The highest BCUT2D eigenvalue weighted by Gasteiger charge is 2.32. The summed E-state index contributed by atoms with van der Waals surface area (Å²) in [6, 6.07) is -0.805. The number of nitrogens with one attached hydrogen (secondary N) is 1. The third-order valence-corrected chi connectivity index (χ3v) is 4.01. The predicted molar refractivity (Wildman–Crippen MR) is 68.4 cm³/mol. The first kappa shape index (κ1) is 14.2. The molecular weight excluding hydrogens is 240 g/mol. The Labute approximate surface area is 106 Å². The molecule has 5 nitrogen and oxygen atoms in total. The molecule has 0 aliphatic carbocycles. The summed E-state index contributed by atoms with van der Waals surface area (Å²) in [7, 11) is 0. The van der Waals surface area contributed by atoms with Crippen molar-refractivity contribution in [3.63, 3.8) is 0 Å². The van der Waals surface area contributed by atoms with Crippen molar-refractivity contribution in [2.45, 2.75) is 38.8 Å². The lowest BCUT2D eigenvalue weighted by atomic mass is 10.2. The van der Waals surface area contributed by atoms with E-state index in [-0.39, 0.29) is 12.1 Å². The molecular formula is C11H20N2O3S. The first-order valence-electron chi connectivity index (χ1n) is 5.97. The van der Waals surface area contributed by atoms with E-state index in [4.69, 9.17) is 5.11 Å². The molecule has 1 rings (SSSR count). The molecule has 2 amide bonds. The number of hydrogen-bond donors (Lipinski definition) is 2. The van der Waals surface area contributed by atoms with Crippen LogP contribution in [0.15, 0.2) is 0 Å². The summed E-state index contributed by atoms with van der Waals surface area (Å²) in [6.07, 6.45) is 1.73. The Kier molecular flexibility index (Phi) is 5.61. The fraction of sp³-hybridized carbons (Fsp3) is 0.818. The van der Waals surface area contributed by atoms with Gasteiger partial charge < -0.3 is 15.3 Å². The molecule has 98 valence electrons. The van der Waals surface area contributed by atoms with Crippen LogP contribution in [-0.4, -0.2) is 52.1 Å². The van der Waals surface area contributed by atoms with E-state index < -0.39 is 12.0 Å². The Morgan fingerprint density at radius 1 is 1.47 bits per heavy atom. The van der Waals surface area contributed by atoms with E-state index in [0.717, 1.165) is 18.6 Å². The molecule has 2 N–H and O–H groups in total. The first-order chi connectivity index (χ1) is 8.10. The van der Waals surface area contributed by atoms with Gasteiger partial charge in [-0.1, -0.05) is 13.8 Å². The molecule has 0 aromatic heterocycles. The molecule has 0 spiro atoms. The van der Waals surface area contributed by atoms with Crippen LogP contribution in [0.2, 0.25) is 0 Å². The molecule has 1 atom stereocenters. The molecule has 1 saturated heterocycles. The minimum absolute atomic E-state index is 0.131. The van der Waals surface area contributed by atoms with E-state index in [0.29, 0.717) is 12.3 Å². The van der Waals surface area contributed by atoms with Gasteiger partial charge in [0.05, 0.1) is 0 Å². The van der Waals surface area contributed by atoms with Crippen LogP contribution in [0.5, 0.6) is 0 Å². The highest BCUT2D eigenvalue weighted by atomic mass is 32.2. The topological polar surface area (TPSA) is 69.6 Å². The van der Waals surface area contributed by atoms with E-state index in [1.165, 1.54) is 4.90 Å². The molecule has 6 heteroatoms. The van der Waals surface area contributed by atoms with Gasteiger partial charge >= 0.3 is 12.0 Å². The van der Waals surface area contributed by atoms with Crippen molar-refractivity contribution in [2.24, 2.45) is 0 Å². The standard InChI is InChI=1S/C11H20N2O3S/c1-3-8(4-2)12-11(16)13-5-6-17-7-9(13)10(14)15/h8-9H,3-7H2,1-2H3,(H,12,16)(H,14,15). The summed E-state index contributed by atoms with van der Waals surface area (Å²) in [5.74, 6) is 0.364. The normalized spacial score (nSPS) is 20.4. The molecule has 0 aromatic carbocycles. The molecule has 0 radical (unpaired) electrons. The van der Waals surface area contributed by atoms with Crippen LogP contribution in [0, 0.1) is 0 Å². The van der Waals surface area contributed by atoms with Crippen molar-refractivity contribution < 1.29 is 14.7 Å². The minimum atomic E-state index is -0.920. The Bertz CT molecular complexity index is 282. The monoisotopic (exact) mass is 260 g/mol. The average Bonchev–Trinajstić information content (AvgIpc) is 2.35. The predicted octanol–water partition coefficient (Wildman–Crippen LogP) is 1.39. The van der Waals surface area contributed by atoms with Crippen LogP contribution in [0.1, 0.15) is 26.7 Å². The van der Waals surface area contributed by atoms with Gasteiger partial charge in [0.15, 0.2) is 0 Å². The van der Waals surface area contributed by atoms with Crippen LogP contribution in [-0.2, 0) is 4.79 Å². The van der Waals surface area contributed by atoms with E-state index in [9.17, 15) is 9.59 Å². The molecule has 1 heterocycles. The number of carbonyl (C=O) groups is 2. The maximum atomic E-state index is 12.0. The Morgan fingerprint density at radius 3 is 2.65 bits per heavy atom. The van der Waals surface area contributed by atoms with Gasteiger partial charge in [0.2, 0.25) is 0 Å². The zero-order chi connectivity index (χ0) is 12.8. The zero-order valence-corrected chi connectivity index (χ0v) is 11.1. The lowest BCUT2D eigenvalue weighted by Gasteiger charge is -2.33. The van der Waals surface area contributed by atoms with Crippen LogP contribution in [0.4, 0.5) is 4.79 Å². The number of aliphatic carboxylic acids is 1. The second-order valence-corrected chi connectivity index (χ2v) is 5.24. The fourth-order valence-corrected chi connectivity index (χ4v) is 2.84. The Balaban J connectivity index is 2.61. The van der Waals surface area contributed by atoms with Crippen LogP contribution in [0.25, 0.3) is 0 Å². The van der Waals surface area contributed by atoms with Crippen molar-refractivity contribution in [3.8, 4) is 0 Å².